The van der Waals surface area contributed by atoms with Crippen molar-refractivity contribution in [3.8, 4) is 0 Å². The van der Waals surface area contributed by atoms with Crippen LogP contribution in [0.1, 0.15) is 77.0 Å². The van der Waals surface area contributed by atoms with Crippen molar-refractivity contribution >= 4 is 31.1 Å². The minimum Gasteiger partial charge on any atom is -0.382 e. The molecule has 0 unspecified atom stereocenters. The number of piperidine rings is 1. The van der Waals surface area contributed by atoms with E-state index in [-0.39, 0.29) is 31.3 Å². The summed E-state index contributed by atoms with van der Waals surface area (Å²) in [6.07, 6.45) is 1.74. The Morgan fingerprint density at radius 1 is 0.884 bits per heavy atom. The second kappa shape index (κ2) is 19.6. The first-order valence-corrected chi connectivity index (χ1v) is 15.2. The predicted octanol–water partition coefficient (Wildman–Crippen LogP) is 6.70. The molecule has 8 nitrogen and oxygen atoms in total. The average molecular weight is 622 g/mol. The molecule has 0 aromatic heterocycles. The van der Waals surface area contributed by atoms with E-state index < -0.39 is 5.60 Å². The van der Waals surface area contributed by atoms with Crippen molar-refractivity contribution in [3.63, 3.8) is 0 Å². The summed E-state index contributed by atoms with van der Waals surface area (Å²) in [6, 6.07) is 12.4. The summed E-state index contributed by atoms with van der Waals surface area (Å²) < 4.78 is 29.7. The quantitative estimate of drug-likeness (QED) is 0.299. The van der Waals surface area contributed by atoms with E-state index >= 15 is 0 Å². The van der Waals surface area contributed by atoms with Crippen LogP contribution in [0.3, 0.4) is 0 Å². The van der Waals surface area contributed by atoms with E-state index in [1.807, 2.05) is 70.7 Å². The SMILES string of the molecule is CC.CC.COCCOCCOC(C)(C)C(=O)N1CCC(c2ccc(NC(=O)N3Cc4ccc(F)cc4C3)cc2)CC1.S. The zero-order valence-electron chi connectivity index (χ0n) is 27.0. The highest BCUT2D eigenvalue weighted by Gasteiger charge is 2.35. The van der Waals surface area contributed by atoms with Gasteiger partial charge in [-0.25, -0.2) is 9.18 Å². The van der Waals surface area contributed by atoms with E-state index in [0.29, 0.717) is 58.5 Å². The van der Waals surface area contributed by atoms with Gasteiger partial charge in [-0.2, -0.15) is 13.5 Å². The molecule has 242 valence electrons. The molecule has 0 saturated carbocycles. The second-order valence-corrected chi connectivity index (χ2v) is 10.4. The number of ether oxygens (including phenoxy) is 3. The number of hydrogen-bond donors (Lipinski definition) is 1. The summed E-state index contributed by atoms with van der Waals surface area (Å²) in [5.41, 5.74) is 2.84. The molecule has 1 saturated heterocycles. The van der Waals surface area contributed by atoms with E-state index in [2.05, 4.69) is 5.32 Å². The molecule has 43 heavy (non-hydrogen) atoms. The number of rotatable bonds is 10. The number of nitrogens with zero attached hydrogens (tertiary/aromatic N) is 2. The zero-order chi connectivity index (χ0) is 31.1. The van der Waals surface area contributed by atoms with Gasteiger partial charge in [0, 0.05) is 39.0 Å². The number of carbonyl (C=O) groups is 2. The minimum absolute atomic E-state index is 0. The third-order valence-electron chi connectivity index (χ3n) is 7.23. The molecule has 0 radical (unpaired) electrons. The number of urea groups is 1. The maximum atomic E-state index is 13.5. The first-order valence-electron chi connectivity index (χ1n) is 15.2. The van der Waals surface area contributed by atoms with Crippen molar-refractivity contribution in [1.82, 2.24) is 9.80 Å². The summed E-state index contributed by atoms with van der Waals surface area (Å²) in [6.45, 7) is 15.7. The molecule has 0 atom stereocenters. The lowest BCUT2D eigenvalue weighted by atomic mass is 9.88. The van der Waals surface area contributed by atoms with Gasteiger partial charge in [0.15, 0.2) is 0 Å². The van der Waals surface area contributed by atoms with E-state index in [4.69, 9.17) is 14.2 Å². The van der Waals surface area contributed by atoms with Gasteiger partial charge in [-0.15, -0.1) is 0 Å². The van der Waals surface area contributed by atoms with Crippen LogP contribution >= 0.6 is 13.5 Å². The smallest absolute Gasteiger partial charge is 0.322 e. The van der Waals surface area contributed by atoms with Gasteiger partial charge < -0.3 is 29.3 Å². The molecular weight excluding hydrogens is 569 g/mol. The highest BCUT2D eigenvalue weighted by atomic mass is 32.1. The van der Waals surface area contributed by atoms with Gasteiger partial charge in [0.2, 0.25) is 0 Å². The normalized spacial score (nSPS) is 14.4. The number of hydrogen-bond acceptors (Lipinski definition) is 5. The largest absolute Gasteiger partial charge is 0.382 e. The van der Waals surface area contributed by atoms with Crippen LogP contribution in [-0.2, 0) is 32.1 Å². The lowest BCUT2D eigenvalue weighted by molar-refractivity contribution is -0.157. The van der Waals surface area contributed by atoms with Crippen molar-refractivity contribution in [1.29, 1.82) is 0 Å². The first kappa shape index (κ1) is 38.4. The first-order chi connectivity index (χ1) is 20.3. The Hall–Kier alpha value is -2.66. The van der Waals surface area contributed by atoms with Crippen LogP contribution in [0.15, 0.2) is 42.5 Å². The Morgan fingerprint density at radius 3 is 2.12 bits per heavy atom. The van der Waals surface area contributed by atoms with Crippen molar-refractivity contribution in [2.24, 2.45) is 0 Å². The van der Waals surface area contributed by atoms with Gasteiger partial charge in [0.05, 0.1) is 26.4 Å². The maximum absolute atomic E-state index is 13.5. The highest BCUT2D eigenvalue weighted by Crippen LogP contribution is 2.31. The number of methoxy groups -OCH3 is 1. The van der Waals surface area contributed by atoms with E-state index in [0.717, 1.165) is 29.7 Å². The van der Waals surface area contributed by atoms with Crippen LogP contribution in [0.4, 0.5) is 14.9 Å². The van der Waals surface area contributed by atoms with E-state index in [9.17, 15) is 14.0 Å². The molecule has 2 aromatic carbocycles. The fraction of sp³-hybridized carbons (Fsp3) is 0.576. The Bertz CT molecular complexity index is 1110. The molecular formula is C33H52FN3O5S. The molecule has 2 aromatic rings. The predicted molar refractivity (Wildman–Crippen MR) is 175 cm³/mol. The number of likely N-dealkylation sites (tertiary alicyclic amines) is 1. The fourth-order valence-electron chi connectivity index (χ4n) is 5.01. The summed E-state index contributed by atoms with van der Waals surface area (Å²) in [4.78, 5) is 29.3. The van der Waals surface area contributed by atoms with Crippen LogP contribution in [0.25, 0.3) is 0 Å². The molecule has 10 heteroatoms. The molecule has 0 aliphatic carbocycles. The molecule has 1 N–H and O–H groups in total. The number of halogens is 1. The number of benzene rings is 2. The van der Waals surface area contributed by atoms with Crippen LogP contribution < -0.4 is 5.32 Å². The molecule has 2 heterocycles. The Kier molecular flexibility index (Phi) is 17.5. The van der Waals surface area contributed by atoms with Gasteiger partial charge in [0.25, 0.3) is 5.91 Å². The van der Waals surface area contributed by atoms with Crippen molar-refractivity contribution in [3.05, 3.63) is 65.0 Å². The fourth-order valence-corrected chi connectivity index (χ4v) is 5.01. The lowest BCUT2D eigenvalue weighted by Crippen LogP contribution is -2.49. The van der Waals surface area contributed by atoms with Gasteiger partial charge in [0.1, 0.15) is 11.4 Å². The van der Waals surface area contributed by atoms with Crippen LogP contribution in [0.5, 0.6) is 0 Å². The van der Waals surface area contributed by atoms with Gasteiger partial charge in [-0.3, -0.25) is 4.79 Å². The molecule has 3 amide bonds. The third kappa shape index (κ3) is 11.4. The second-order valence-electron chi connectivity index (χ2n) is 10.4. The van der Waals surface area contributed by atoms with Gasteiger partial charge in [-0.1, -0.05) is 45.9 Å². The maximum Gasteiger partial charge on any atom is 0.322 e. The molecule has 2 aliphatic rings. The van der Waals surface area contributed by atoms with E-state index in [1.54, 1.807) is 18.1 Å². The molecule has 1 fully saturated rings. The van der Waals surface area contributed by atoms with Crippen molar-refractivity contribution in [2.45, 2.75) is 79.0 Å². The van der Waals surface area contributed by atoms with Gasteiger partial charge in [-0.05, 0) is 73.6 Å². The number of fused-ring (bicyclic) bond motifs is 1. The minimum atomic E-state index is -0.901. The van der Waals surface area contributed by atoms with Crippen molar-refractivity contribution in [2.75, 3.05) is 51.9 Å². The Morgan fingerprint density at radius 2 is 1.49 bits per heavy atom. The molecule has 0 spiro atoms. The lowest BCUT2D eigenvalue weighted by Gasteiger charge is -2.37. The third-order valence-corrected chi connectivity index (χ3v) is 7.23. The monoisotopic (exact) mass is 621 g/mol. The summed E-state index contributed by atoms with van der Waals surface area (Å²) in [5, 5.41) is 2.94. The number of carbonyl (C=O) groups excluding carboxylic acids is 2. The molecule has 0 bridgehead atoms. The highest BCUT2D eigenvalue weighted by molar-refractivity contribution is 7.59. The van der Waals surface area contributed by atoms with E-state index in [1.165, 1.54) is 17.7 Å². The summed E-state index contributed by atoms with van der Waals surface area (Å²) in [5.74, 6) is 0.0658. The molecule has 2 aliphatic heterocycles. The topological polar surface area (TPSA) is 80.3 Å². The van der Waals surface area contributed by atoms with Crippen LogP contribution in [-0.4, -0.2) is 74.0 Å². The summed E-state index contributed by atoms with van der Waals surface area (Å²) in [7, 11) is 1.63. The van der Waals surface area contributed by atoms with Crippen LogP contribution in [0, 0.1) is 5.82 Å². The summed E-state index contributed by atoms with van der Waals surface area (Å²) >= 11 is 0. The zero-order valence-corrected chi connectivity index (χ0v) is 28.0. The standard InChI is InChI=1S/C29H38FN3O5.2C2H6.H2S/c1-29(2,38-17-16-37-15-14-36-3)27(34)32-12-10-22(11-13-32)21-5-8-26(9-6-21)31-28(35)33-19-23-4-7-25(30)18-24(23)20-33;2*1-2;/h4-9,18,22H,10-17,19-20H2,1-3H3,(H,31,35);2*1-2H3;1H2. The Labute approximate surface area is 264 Å². The van der Waals surface area contributed by atoms with Gasteiger partial charge >= 0.3 is 6.03 Å². The van der Waals surface area contributed by atoms with Crippen molar-refractivity contribution < 1.29 is 28.2 Å². The molecule has 4 rings (SSSR count). The average Bonchev–Trinajstić information content (AvgIpc) is 3.44. The number of amides is 3. The Balaban J connectivity index is 0.00000177. The van der Waals surface area contributed by atoms with Crippen LogP contribution in [0.2, 0.25) is 0 Å². The number of anilines is 1. The number of nitrogens with one attached hydrogen (secondary N) is 1.